The summed E-state index contributed by atoms with van der Waals surface area (Å²) in [7, 11) is 3.45. The number of rotatable bonds is 2. The molecule has 0 bridgehead atoms. The van der Waals surface area contributed by atoms with Crippen molar-refractivity contribution in [1.82, 2.24) is 4.57 Å². The van der Waals surface area contributed by atoms with Gasteiger partial charge in [-0.3, -0.25) is 4.79 Å². The first-order chi connectivity index (χ1) is 8.95. The predicted molar refractivity (Wildman–Crippen MR) is 77.9 cm³/mol. The van der Waals surface area contributed by atoms with Crippen molar-refractivity contribution in [2.24, 2.45) is 7.05 Å². The Kier molecular flexibility index (Phi) is 3.47. The summed E-state index contributed by atoms with van der Waals surface area (Å²) in [6.07, 6.45) is 1.88. The molecule has 0 radical (unpaired) electrons. The zero-order chi connectivity index (χ0) is 14.2. The van der Waals surface area contributed by atoms with Crippen LogP contribution in [0.4, 0.5) is 0 Å². The zero-order valence-electron chi connectivity index (χ0n) is 12.1. The van der Waals surface area contributed by atoms with E-state index >= 15 is 0 Å². The van der Waals surface area contributed by atoms with E-state index in [0.717, 1.165) is 33.6 Å². The normalized spacial score (nSPS) is 10.6. The number of aryl methyl sites for hydroxylation is 2. The minimum atomic E-state index is 0.0559. The highest BCUT2D eigenvalue weighted by molar-refractivity contribution is 5.69. The van der Waals surface area contributed by atoms with Crippen LogP contribution in [0.25, 0.3) is 11.1 Å². The summed E-state index contributed by atoms with van der Waals surface area (Å²) in [6, 6.07) is 6.11. The van der Waals surface area contributed by atoms with Crippen LogP contribution in [0.3, 0.4) is 0 Å². The highest BCUT2D eigenvalue weighted by atomic mass is 16.5. The first kappa shape index (κ1) is 13.4. The molecule has 0 fully saturated rings. The molecule has 100 valence electrons. The van der Waals surface area contributed by atoms with Crippen LogP contribution >= 0.6 is 0 Å². The molecule has 1 aromatic heterocycles. The van der Waals surface area contributed by atoms with Crippen LogP contribution < -0.4 is 10.3 Å². The van der Waals surface area contributed by atoms with Gasteiger partial charge in [0.25, 0.3) is 5.56 Å². The molecule has 0 aliphatic heterocycles. The fraction of sp³-hybridized carbons (Fsp3) is 0.312. The summed E-state index contributed by atoms with van der Waals surface area (Å²) in [6.45, 7) is 5.87. The molecule has 1 aromatic carbocycles. The summed E-state index contributed by atoms with van der Waals surface area (Å²) >= 11 is 0. The summed E-state index contributed by atoms with van der Waals surface area (Å²) in [5, 5.41) is 0. The van der Waals surface area contributed by atoms with Gasteiger partial charge in [0.15, 0.2) is 0 Å². The number of hydrogen-bond donors (Lipinski definition) is 0. The van der Waals surface area contributed by atoms with E-state index in [-0.39, 0.29) is 5.56 Å². The Balaban J connectivity index is 2.69. The fourth-order valence-electron chi connectivity index (χ4n) is 2.25. The number of aromatic nitrogens is 1. The monoisotopic (exact) mass is 257 g/mol. The maximum absolute atomic E-state index is 11.9. The van der Waals surface area contributed by atoms with Gasteiger partial charge >= 0.3 is 0 Å². The Labute approximate surface area is 113 Å². The maximum atomic E-state index is 11.9. The van der Waals surface area contributed by atoms with Gasteiger partial charge in [0.2, 0.25) is 0 Å². The highest BCUT2D eigenvalue weighted by Crippen LogP contribution is 2.29. The molecule has 3 heteroatoms. The third-order valence-corrected chi connectivity index (χ3v) is 3.65. The molecule has 2 rings (SSSR count). The molecule has 0 unspecified atom stereocenters. The van der Waals surface area contributed by atoms with Crippen LogP contribution in [0.5, 0.6) is 5.75 Å². The van der Waals surface area contributed by atoms with Crippen LogP contribution in [-0.4, -0.2) is 11.7 Å². The molecule has 0 atom stereocenters. The lowest BCUT2D eigenvalue weighted by molar-refractivity contribution is 0.412. The lowest BCUT2D eigenvalue weighted by Gasteiger charge is -2.13. The standard InChI is InChI=1S/C16H19NO2/c1-10-6-7-13(8-15(10)19-5)14-9-17(4)16(18)12(3)11(14)2/h6-9H,1-5H3. The van der Waals surface area contributed by atoms with Crippen molar-refractivity contribution in [3.05, 3.63) is 51.4 Å². The molecule has 1 heterocycles. The van der Waals surface area contributed by atoms with Gasteiger partial charge in [-0.2, -0.15) is 0 Å². The van der Waals surface area contributed by atoms with Gasteiger partial charge in [0.05, 0.1) is 7.11 Å². The van der Waals surface area contributed by atoms with Gasteiger partial charge in [-0.05, 0) is 43.5 Å². The number of hydrogen-bond acceptors (Lipinski definition) is 2. The molecular weight excluding hydrogens is 238 g/mol. The van der Waals surface area contributed by atoms with Gasteiger partial charge in [0, 0.05) is 24.4 Å². The maximum Gasteiger partial charge on any atom is 0.253 e. The molecular formula is C16H19NO2. The first-order valence-electron chi connectivity index (χ1n) is 6.27. The largest absolute Gasteiger partial charge is 0.496 e. The fourth-order valence-corrected chi connectivity index (χ4v) is 2.25. The van der Waals surface area contributed by atoms with Crippen LogP contribution in [-0.2, 0) is 7.05 Å². The summed E-state index contributed by atoms with van der Waals surface area (Å²) in [5.74, 6) is 0.864. The number of benzene rings is 1. The van der Waals surface area contributed by atoms with Crippen molar-refractivity contribution >= 4 is 0 Å². The van der Waals surface area contributed by atoms with Crippen LogP contribution in [0.15, 0.2) is 29.2 Å². The third kappa shape index (κ3) is 2.28. The second-order valence-corrected chi connectivity index (χ2v) is 4.89. The molecule has 0 saturated carbocycles. The van der Waals surface area contributed by atoms with E-state index in [1.807, 2.05) is 39.1 Å². The van der Waals surface area contributed by atoms with E-state index in [0.29, 0.717) is 0 Å². The zero-order valence-corrected chi connectivity index (χ0v) is 12.1. The minimum absolute atomic E-state index is 0.0559. The van der Waals surface area contributed by atoms with E-state index in [1.165, 1.54) is 0 Å². The van der Waals surface area contributed by atoms with Gasteiger partial charge in [-0.1, -0.05) is 12.1 Å². The molecule has 0 aliphatic rings. The minimum Gasteiger partial charge on any atom is -0.496 e. The van der Waals surface area contributed by atoms with Crippen LogP contribution in [0.2, 0.25) is 0 Å². The second kappa shape index (κ2) is 4.92. The van der Waals surface area contributed by atoms with E-state index in [4.69, 9.17) is 4.74 Å². The second-order valence-electron chi connectivity index (χ2n) is 4.89. The van der Waals surface area contributed by atoms with E-state index < -0.39 is 0 Å². The Morgan fingerprint density at radius 1 is 1.11 bits per heavy atom. The molecule has 19 heavy (non-hydrogen) atoms. The smallest absolute Gasteiger partial charge is 0.253 e. The van der Waals surface area contributed by atoms with Crippen molar-refractivity contribution < 1.29 is 4.74 Å². The average Bonchev–Trinajstić information content (AvgIpc) is 2.41. The SMILES string of the molecule is COc1cc(-c2cn(C)c(=O)c(C)c2C)ccc1C. The summed E-state index contributed by atoms with van der Waals surface area (Å²) in [5.41, 5.74) is 5.11. The van der Waals surface area contributed by atoms with Crippen LogP contribution in [0.1, 0.15) is 16.7 Å². The Morgan fingerprint density at radius 3 is 2.42 bits per heavy atom. The Morgan fingerprint density at radius 2 is 1.79 bits per heavy atom. The highest BCUT2D eigenvalue weighted by Gasteiger charge is 2.10. The molecule has 0 spiro atoms. The molecule has 3 nitrogen and oxygen atoms in total. The quantitative estimate of drug-likeness (QED) is 0.828. The van der Waals surface area contributed by atoms with E-state index in [1.54, 1.807) is 18.7 Å². The number of methoxy groups -OCH3 is 1. The van der Waals surface area contributed by atoms with Gasteiger partial charge < -0.3 is 9.30 Å². The average molecular weight is 257 g/mol. The van der Waals surface area contributed by atoms with Crippen molar-refractivity contribution in [2.75, 3.05) is 7.11 Å². The number of ether oxygens (including phenoxy) is 1. The predicted octanol–water partition coefficient (Wildman–Crippen LogP) is 2.99. The Hall–Kier alpha value is -2.03. The van der Waals surface area contributed by atoms with Crippen molar-refractivity contribution in [2.45, 2.75) is 20.8 Å². The van der Waals surface area contributed by atoms with E-state index in [9.17, 15) is 4.79 Å². The van der Waals surface area contributed by atoms with Gasteiger partial charge in [0.1, 0.15) is 5.75 Å². The van der Waals surface area contributed by atoms with Crippen molar-refractivity contribution in [1.29, 1.82) is 0 Å². The lowest BCUT2D eigenvalue weighted by Crippen LogP contribution is -2.20. The lowest BCUT2D eigenvalue weighted by atomic mass is 9.98. The van der Waals surface area contributed by atoms with Crippen molar-refractivity contribution in [3.8, 4) is 16.9 Å². The van der Waals surface area contributed by atoms with E-state index in [2.05, 4.69) is 6.07 Å². The molecule has 2 aromatic rings. The number of pyridine rings is 1. The third-order valence-electron chi connectivity index (χ3n) is 3.65. The molecule has 0 saturated heterocycles. The molecule has 0 N–H and O–H groups in total. The van der Waals surface area contributed by atoms with Gasteiger partial charge in [-0.15, -0.1) is 0 Å². The summed E-state index contributed by atoms with van der Waals surface area (Å²) < 4.78 is 6.99. The first-order valence-corrected chi connectivity index (χ1v) is 6.27. The summed E-state index contributed by atoms with van der Waals surface area (Å²) in [4.78, 5) is 11.9. The Bertz CT molecular complexity index is 684. The molecule has 0 aliphatic carbocycles. The number of nitrogens with zero attached hydrogens (tertiary/aromatic N) is 1. The van der Waals surface area contributed by atoms with Crippen LogP contribution in [0, 0.1) is 20.8 Å². The van der Waals surface area contributed by atoms with Crippen molar-refractivity contribution in [3.63, 3.8) is 0 Å². The van der Waals surface area contributed by atoms with Gasteiger partial charge in [-0.25, -0.2) is 0 Å². The topological polar surface area (TPSA) is 31.2 Å². The molecule has 0 amide bonds.